The topological polar surface area (TPSA) is 40.5 Å². The van der Waals surface area contributed by atoms with E-state index in [-0.39, 0.29) is 38.0 Å². The number of halogens is 2. The van der Waals surface area contributed by atoms with Crippen molar-refractivity contribution >= 4 is 3.71 Å². The summed E-state index contributed by atoms with van der Waals surface area (Å²) >= 11 is 1.51. The number of allylic oxidation sites excluding steroid dienone is 6. The van der Waals surface area contributed by atoms with Gasteiger partial charge in [-0.05, 0) is 0 Å². The van der Waals surface area contributed by atoms with Crippen molar-refractivity contribution in [3.8, 4) is 0 Å². The second kappa shape index (κ2) is 20.2. The van der Waals surface area contributed by atoms with Gasteiger partial charge < -0.3 is 35.0 Å². The molecule has 2 aliphatic carbocycles. The predicted octanol–water partition coefficient (Wildman–Crippen LogP) is -3.52. The molecular weight excluding hydrogens is 386 g/mol. The van der Waals surface area contributed by atoms with Gasteiger partial charge in [0.15, 0.2) is 0 Å². The Kier molecular flexibility index (Phi) is 25.1. The third-order valence-electron chi connectivity index (χ3n) is 2.34. The SMILES string of the molecule is C[CH]=[Zr+2].OCCC1=CC[C-]=C1.OCCC1=CC[C-]=C1.[Cl-].[Cl-]. The molecule has 0 aromatic rings. The van der Waals surface area contributed by atoms with E-state index >= 15 is 0 Å². The number of rotatable bonds is 4. The minimum absolute atomic E-state index is 0. The van der Waals surface area contributed by atoms with Crippen LogP contribution in [0.1, 0.15) is 32.6 Å². The van der Waals surface area contributed by atoms with Crippen LogP contribution in [0.2, 0.25) is 0 Å². The molecule has 0 aromatic heterocycles. The summed E-state index contributed by atoms with van der Waals surface area (Å²) in [5.74, 6) is 0. The van der Waals surface area contributed by atoms with Gasteiger partial charge in [-0.25, -0.2) is 12.2 Å². The number of hydrogen-bond acceptors (Lipinski definition) is 2. The van der Waals surface area contributed by atoms with E-state index in [1.165, 1.54) is 35.4 Å². The average molecular weight is 408 g/mol. The summed E-state index contributed by atoms with van der Waals surface area (Å²) in [6, 6.07) is 0. The van der Waals surface area contributed by atoms with Gasteiger partial charge in [0, 0.05) is 13.2 Å². The van der Waals surface area contributed by atoms with Crippen molar-refractivity contribution in [2.75, 3.05) is 13.2 Å². The maximum absolute atomic E-state index is 8.44. The predicted molar refractivity (Wildman–Crippen MR) is 76.2 cm³/mol. The second-order valence-corrected chi connectivity index (χ2v) is 5.32. The molecule has 0 saturated heterocycles. The third kappa shape index (κ3) is 16.4. The van der Waals surface area contributed by atoms with Crippen molar-refractivity contribution in [1.82, 2.24) is 0 Å². The van der Waals surface area contributed by atoms with Gasteiger partial charge in [-0.2, -0.15) is 23.3 Å². The summed E-state index contributed by atoms with van der Waals surface area (Å²) in [5, 5.41) is 16.9. The van der Waals surface area contributed by atoms with Gasteiger partial charge in [-0.3, -0.25) is 12.2 Å². The molecule has 0 radical (unpaired) electrons. The minimum Gasteiger partial charge on any atom is -1.00 e. The molecular formula is C16H22Cl2O2Zr-2. The summed E-state index contributed by atoms with van der Waals surface area (Å²) < 4.78 is 2.09. The van der Waals surface area contributed by atoms with E-state index in [0.29, 0.717) is 0 Å². The molecule has 2 N–H and O–H groups in total. The van der Waals surface area contributed by atoms with E-state index in [1.807, 2.05) is 19.1 Å². The Bertz CT molecular complexity index is 329. The largest absolute Gasteiger partial charge is 1.00 e. The van der Waals surface area contributed by atoms with Crippen molar-refractivity contribution < 1.29 is 59.3 Å². The van der Waals surface area contributed by atoms with Crippen LogP contribution < -0.4 is 24.8 Å². The number of hydrogen-bond donors (Lipinski definition) is 2. The van der Waals surface area contributed by atoms with Gasteiger partial charge >= 0.3 is 34.9 Å². The van der Waals surface area contributed by atoms with Crippen LogP contribution in [0.4, 0.5) is 0 Å². The molecule has 0 spiro atoms. The van der Waals surface area contributed by atoms with Crippen LogP contribution in [0.3, 0.4) is 0 Å². The van der Waals surface area contributed by atoms with Crippen molar-refractivity contribution in [2.45, 2.75) is 32.6 Å². The van der Waals surface area contributed by atoms with Gasteiger partial charge in [0.1, 0.15) is 0 Å². The summed E-state index contributed by atoms with van der Waals surface area (Å²) in [4.78, 5) is 0. The molecule has 0 heterocycles. The van der Waals surface area contributed by atoms with Crippen LogP contribution in [-0.4, -0.2) is 27.1 Å². The fraction of sp³-hybridized carbons (Fsp3) is 0.438. The Labute approximate surface area is 155 Å². The van der Waals surface area contributed by atoms with E-state index in [0.717, 1.165) is 25.7 Å². The standard InChI is InChI=1S/2C7H9O.C2H4.2ClH.Zr/c2*8-6-5-7-3-1-2-4-7;1-2;;;/h2*3-4,8H,1,5-6H2;1H,2H3;2*1H;/q2*-1;;;;+2/p-2. The van der Waals surface area contributed by atoms with Gasteiger partial charge in [0.2, 0.25) is 0 Å². The molecule has 0 aromatic carbocycles. The van der Waals surface area contributed by atoms with Crippen molar-refractivity contribution in [2.24, 2.45) is 0 Å². The normalized spacial score (nSPS) is 13.6. The fourth-order valence-electron chi connectivity index (χ4n) is 1.48. The molecule has 0 saturated carbocycles. The van der Waals surface area contributed by atoms with Crippen LogP contribution in [0.25, 0.3) is 0 Å². The molecule has 0 aliphatic heterocycles. The Hall–Kier alpha value is 0.213. The Morgan fingerprint density at radius 2 is 1.33 bits per heavy atom. The minimum atomic E-state index is 0. The first-order chi connectivity index (χ1) is 9.28. The van der Waals surface area contributed by atoms with E-state index in [2.05, 4.69) is 28.0 Å². The molecule has 0 unspecified atom stereocenters. The van der Waals surface area contributed by atoms with Crippen molar-refractivity contribution in [3.63, 3.8) is 0 Å². The van der Waals surface area contributed by atoms with E-state index < -0.39 is 0 Å². The molecule has 21 heavy (non-hydrogen) atoms. The zero-order valence-electron chi connectivity index (χ0n) is 12.3. The monoisotopic (exact) mass is 406 g/mol. The molecule has 2 nitrogen and oxygen atoms in total. The molecule has 118 valence electrons. The summed E-state index contributed by atoms with van der Waals surface area (Å²) in [5.41, 5.74) is 2.43. The number of aliphatic hydroxyl groups is 2. The molecule has 2 rings (SSSR count). The van der Waals surface area contributed by atoms with Crippen LogP contribution in [0.15, 0.2) is 35.5 Å². The Morgan fingerprint density at radius 3 is 1.52 bits per heavy atom. The van der Waals surface area contributed by atoms with Crippen LogP contribution >= 0.6 is 0 Å². The van der Waals surface area contributed by atoms with E-state index in [9.17, 15) is 0 Å². The maximum atomic E-state index is 8.44. The summed E-state index contributed by atoms with van der Waals surface area (Å²) in [6.45, 7) is 2.55. The van der Waals surface area contributed by atoms with Gasteiger partial charge in [0.25, 0.3) is 0 Å². The fourth-order valence-corrected chi connectivity index (χ4v) is 1.48. The zero-order chi connectivity index (χ0) is 14.3. The molecule has 0 bridgehead atoms. The van der Waals surface area contributed by atoms with Crippen molar-refractivity contribution in [1.29, 1.82) is 0 Å². The number of aliphatic hydroxyl groups excluding tert-OH is 2. The summed E-state index contributed by atoms with van der Waals surface area (Å²) in [6.07, 6.45) is 17.5. The van der Waals surface area contributed by atoms with Crippen LogP contribution in [0, 0.1) is 12.2 Å². The molecule has 5 heteroatoms. The molecule has 0 amide bonds. The van der Waals surface area contributed by atoms with E-state index in [4.69, 9.17) is 10.2 Å². The van der Waals surface area contributed by atoms with Crippen molar-refractivity contribution in [3.05, 3.63) is 47.6 Å². The first-order valence-corrected chi connectivity index (χ1v) is 7.88. The van der Waals surface area contributed by atoms with Gasteiger partial charge in [-0.1, -0.05) is 12.8 Å². The zero-order valence-corrected chi connectivity index (χ0v) is 16.2. The smallest absolute Gasteiger partial charge is 0.0318 e. The van der Waals surface area contributed by atoms with Gasteiger partial charge in [-0.15, -0.1) is 12.8 Å². The van der Waals surface area contributed by atoms with Crippen LogP contribution in [0.5, 0.6) is 0 Å². The first kappa shape index (κ1) is 26.1. The average Bonchev–Trinajstić information content (AvgIpc) is 3.05. The van der Waals surface area contributed by atoms with E-state index in [1.54, 1.807) is 0 Å². The maximum Gasteiger partial charge on any atom is 0.0318 e. The molecule has 2 aliphatic rings. The quantitative estimate of drug-likeness (QED) is 0.474. The molecule has 0 atom stereocenters. The Balaban J connectivity index is -0.000000242. The Morgan fingerprint density at radius 1 is 1.00 bits per heavy atom. The van der Waals surface area contributed by atoms with Gasteiger partial charge in [0.05, 0.1) is 0 Å². The second-order valence-electron chi connectivity index (χ2n) is 3.90. The molecule has 0 fully saturated rings. The van der Waals surface area contributed by atoms with Crippen LogP contribution in [-0.2, 0) is 24.2 Å². The first-order valence-electron chi connectivity index (χ1n) is 6.46. The summed E-state index contributed by atoms with van der Waals surface area (Å²) in [7, 11) is 0. The third-order valence-corrected chi connectivity index (χ3v) is 2.34.